The maximum absolute atomic E-state index is 12.8. The summed E-state index contributed by atoms with van der Waals surface area (Å²) in [6, 6.07) is 10.2. The summed E-state index contributed by atoms with van der Waals surface area (Å²) in [5.74, 6) is 0.912. The lowest BCUT2D eigenvalue weighted by Gasteiger charge is -2.26. The van der Waals surface area contributed by atoms with E-state index in [-0.39, 0.29) is 24.5 Å². The zero-order valence-corrected chi connectivity index (χ0v) is 17.4. The zero-order chi connectivity index (χ0) is 20.5. The lowest BCUT2D eigenvalue weighted by molar-refractivity contribution is -0.149. The minimum absolute atomic E-state index is 0.0330. The van der Waals surface area contributed by atoms with Crippen LogP contribution in [-0.4, -0.2) is 39.7 Å². The Morgan fingerprint density at radius 2 is 2.00 bits per heavy atom. The van der Waals surface area contributed by atoms with Gasteiger partial charge in [-0.2, -0.15) is 0 Å². The second-order valence-corrected chi connectivity index (χ2v) is 9.16. The molecule has 2 aromatic rings. The molecular weight excluding hydrogens is 376 g/mol. The van der Waals surface area contributed by atoms with Gasteiger partial charge in [-0.3, -0.25) is 14.7 Å². The fraction of sp³-hybridized carbons (Fsp3) is 0.520. The molecule has 3 aliphatic rings. The molecule has 0 radical (unpaired) electrons. The summed E-state index contributed by atoms with van der Waals surface area (Å²) in [6.07, 6.45) is 10.7. The number of hydrogen-bond donors (Lipinski definition) is 1. The first-order valence-corrected chi connectivity index (χ1v) is 11.3. The summed E-state index contributed by atoms with van der Waals surface area (Å²) >= 11 is 0. The van der Waals surface area contributed by atoms with Crippen molar-refractivity contribution in [1.29, 1.82) is 0 Å². The molecule has 1 aromatic heterocycles. The highest BCUT2D eigenvalue weighted by Crippen LogP contribution is 2.42. The molecule has 1 aliphatic heterocycles. The van der Waals surface area contributed by atoms with Gasteiger partial charge in [-0.1, -0.05) is 37.1 Å². The number of nitrogens with zero attached hydrogens (tertiary/aromatic N) is 2. The largest absolute Gasteiger partial charge is 0.507 e. The minimum Gasteiger partial charge on any atom is -0.507 e. The maximum atomic E-state index is 12.8. The number of piperidine rings is 1. The van der Waals surface area contributed by atoms with E-state index in [4.69, 9.17) is 4.74 Å². The van der Waals surface area contributed by atoms with Crippen molar-refractivity contribution >= 4 is 5.97 Å². The number of carbonyl (C=O) groups is 1. The van der Waals surface area contributed by atoms with Crippen LogP contribution in [0.2, 0.25) is 0 Å². The van der Waals surface area contributed by atoms with Crippen molar-refractivity contribution in [2.24, 2.45) is 5.92 Å². The first-order valence-electron chi connectivity index (χ1n) is 11.3. The maximum Gasteiger partial charge on any atom is 0.310 e. The van der Waals surface area contributed by atoms with Crippen molar-refractivity contribution in [3.05, 3.63) is 59.4 Å². The Hall–Kier alpha value is -2.40. The Bertz CT molecular complexity index is 895. The van der Waals surface area contributed by atoms with Gasteiger partial charge in [0.1, 0.15) is 11.9 Å². The smallest absolute Gasteiger partial charge is 0.310 e. The van der Waals surface area contributed by atoms with E-state index in [9.17, 15) is 9.90 Å². The van der Waals surface area contributed by atoms with Crippen LogP contribution < -0.4 is 0 Å². The quantitative estimate of drug-likeness (QED) is 0.729. The van der Waals surface area contributed by atoms with Gasteiger partial charge in [0.2, 0.25) is 0 Å². The molecule has 5 nitrogen and oxygen atoms in total. The Balaban J connectivity index is 1.23. The summed E-state index contributed by atoms with van der Waals surface area (Å²) < 4.78 is 5.98. The standard InChI is InChI=1S/C25H30N2O3/c28-23(13-19-8-3-9-21(24(19)29)18-6-1-2-7-18)30-25-20-10-11-22(25)27(16-20)15-17-5-4-12-26-14-17/h3-5,8-9,12,14,18,20,22,25,29H,1-2,6-7,10-11,13,15-16H2. The van der Waals surface area contributed by atoms with Crippen LogP contribution >= 0.6 is 0 Å². The van der Waals surface area contributed by atoms with Crippen LogP contribution in [-0.2, 0) is 22.5 Å². The topological polar surface area (TPSA) is 62.7 Å². The molecule has 0 amide bonds. The number of benzene rings is 1. The number of pyridine rings is 1. The molecule has 5 rings (SSSR count). The molecule has 0 spiro atoms. The first kappa shape index (κ1) is 19.6. The molecule has 5 heteroatoms. The number of aromatic nitrogens is 1. The van der Waals surface area contributed by atoms with Crippen molar-refractivity contribution < 1.29 is 14.6 Å². The van der Waals surface area contributed by atoms with Gasteiger partial charge in [0.05, 0.1) is 6.42 Å². The van der Waals surface area contributed by atoms with Crippen molar-refractivity contribution in [1.82, 2.24) is 9.88 Å². The number of hydrogen-bond acceptors (Lipinski definition) is 5. The van der Waals surface area contributed by atoms with Crippen LogP contribution in [0.1, 0.15) is 61.1 Å². The molecule has 3 atom stereocenters. The van der Waals surface area contributed by atoms with Crippen LogP contribution in [0.5, 0.6) is 5.75 Å². The molecule has 2 saturated carbocycles. The molecule has 2 aliphatic carbocycles. The summed E-state index contributed by atoms with van der Waals surface area (Å²) in [5, 5.41) is 10.8. The number of ether oxygens (including phenoxy) is 1. The number of para-hydroxylation sites is 1. The van der Waals surface area contributed by atoms with Gasteiger partial charge in [0, 0.05) is 43.0 Å². The third-order valence-corrected chi connectivity index (χ3v) is 7.27. The van der Waals surface area contributed by atoms with Crippen LogP contribution in [0.4, 0.5) is 0 Å². The molecule has 30 heavy (non-hydrogen) atoms. The number of phenolic OH excluding ortho intramolecular Hbond substituents is 1. The average Bonchev–Trinajstić information content (AvgIpc) is 3.48. The Kier molecular flexibility index (Phi) is 5.47. The third-order valence-electron chi connectivity index (χ3n) is 7.27. The summed E-state index contributed by atoms with van der Waals surface area (Å²) in [4.78, 5) is 19.4. The minimum atomic E-state index is -0.223. The predicted octanol–water partition coefficient (Wildman–Crippen LogP) is 4.19. The zero-order valence-electron chi connectivity index (χ0n) is 17.4. The number of esters is 1. The van der Waals surface area contributed by atoms with E-state index in [0.717, 1.165) is 44.3 Å². The van der Waals surface area contributed by atoms with Gasteiger partial charge in [0.25, 0.3) is 0 Å². The van der Waals surface area contributed by atoms with Gasteiger partial charge in [-0.05, 0) is 48.8 Å². The van der Waals surface area contributed by atoms with E-state index < -0.39 is 0 Å². The van der Waals surface area contributed by atoms with Gasteiger partial charge in [0.15, 0.2) is 0 Å². The van der Waals surface area contributed by atoms with E-state index in [1.807, 2.05) is 30.5 Å². The van der Waals surface area contributed by atoms with Gasteiger partial charge < -0.3 is 9.84 Å². The Morgan fingerprint density at radius 3 is 2.80 bits per heavy atom. The first-order chi connectivity index (χ1) is 14.7. The van der Waals surface area contributed by atoms with Gasteiger partial charge in [-0.15, -0.1) is 0 Å². The van der Waals surface area contributed by atoms with E-state index in [0.29, 0.717) is 23.1 Å². The van der Waals surface area contributed by atoms with E-state index in [1.165, 1.54) is 18.4 Å². The molecule has 2 heterocycles. The highest BCUT2D eigenvalue weighted by molar-refractivity contribution is 5.74. The fourth-order valence-electron chi connectivity index (χ4n) is 5.80. The number of fused-ring (bicyclic) bond motifs is 2. The monoisotopic (exact) mass is 406 g/mol. The number of likely N-dealkylation sites (tertiary alicyclic amines) is 1. The molecule has 1 N–H and O–H groups in total. The van der Waals surface area contributed by atoms with Gasteiger partial charge in [-0.25, -0.2) is 0 Å². The van der Waals surface area contributed by atoms with E-state index >= 15 is 0 Å². The number of carbonyl (C=O) groups excluding carboxylic acids is 1. The lowest BCUT2D eigenvalue weighted by Crippen LogP contribution is -2.35. The predicted molar refractivity (Wildman–Crippen MR) is 114 cm³/mol. The van der Waals surface area contributed by atoms with Gasteiger partial charge >= 0.3 is 5.97 Å². The van der Waals surface area contributed by atoms with Crippen molar-refractivity contribution in [2.45, 2.75) is 69.6 Å². The van der Waals surface area contributed by atoms with Crippen LogP contribution in [0.25, 0.3) is 0 Å². The molecule has 3 unspecified atom stereocenters. The number of aromatic hydroxyl groups is 1. The van der Waals surface area contributed by atoms with E-state index in [1.54, 1.807) is 6.20 Å². The molecule has 3 fully saturated rings. The number of phenols is 1. The van der Waals surface area contributed by atoms with Crippen LogP contribution in [0.3, 0.4) is 0 Å². The van der Waals surface area contributed by atoms with Crippen molar-refractivity contribution in [2.75, 3.05) is 6.54 Å². The molecule has 1 aromatic carbocycles. The van der Waals surface area contributed by atoms with Crippen molar-refractivity contribution in [3.8, 4) is 5.75 Å². The molecule has 1 saturated heterocycles. The second-order valence-electron chi connectivity index (χ2n) is 9.16. The summed E-state index contributed by atoms with van der Waals surface area (Å²) in [7, 11) is 0. The molecular formula is C25H30N2O3. The van der Waals surface area contributed by atoms with Crippen LogP contribution in [0.15, 0.2) is 42.7 Å². The fourth-order valence-corrected chi connectivity index (χ4v) is 5.80. The Labute approximate surface area is 178 Å². The van der Waals surface area contributed by atoms with Crippen molar-refractivity contribution in [3.63, 3.8) is 0 Å². The van der Waals surface area contributed by atoms with Crippen LogP contribution in [0, 0.1) is 5.92 Å². The lowest BCUT2D eigenvalue weighted by atomic mass is 9.94. The third kappa shape index (κ3) is 3.83. The normalized spacial score (nSPS) is 26.3. The Morgan fingerprint density at radius 1 is 1.13 bits per heavy atom. The SMILES string of the molecule is O=C(Cc1cccc(C2CCCC2)c1O)OC1C2CCC1N(Cc1cccnc1)C2. The molecule has 158 valence electrons. The summed E-state index contributed by atoms with van der Waals surface area (Å²) in [5.41, 5.74) is 2.90. The van der Waals surface area contributed by atoms with E-state index in [2.05, 4.69) is 16.0 Å². The summed E-state index contributed by atoms with van der Waals surface area (Å²) in [6.45, 7) is 1.83. The average molecular weight is 407 g/mol. The highest BCUT2D eigenvalue weighted by Gasteiger charge is 2.48. The second kappa shape index (κ2) is 8.38. The number of rotatable bonds is 6. The highest BCUT2D eigenvalue weighted by atomic mass is 16.5. The molecule has 2 bridgehead atoms.